The summed E-state index contributed by atoms with van der Waals surface area (Å²) in [5.74, 6) is -2.00. The molecule has 0 fully saturated rings. The van der Waals surface area contributed by atoms with E-state index in [0.29, 0.717) is 27.0 Å². The molecule has 0 heterocycles. The Morgan fingerprint density at radius 2 is 1.53 bits per heavy atom. The van der Waals surface area contributed by atoms with Gasteiger partial charge in [0.25, 0.3) is 0 Å². The van der Waals surface area contributed by atoms with E-state index in [1.807, 2.05) is 0 Å². The molecule has 3 aromatic carbocycles. The number of methoxy groups -OCH3 is 1. The van der Waals surface area contributed by atoms with Crippen LogP contribution in [0.4, 0.5) is 5.69 Å². The van der Waals surface area contributed by atoms with Crippen molar-refractivity contribution >= 4 is 52.4 Å². The van der Waals surface area contributed by atoms with E-state index in [0.717, 1.165) is 0 Å². The number of hydrazone groups is 1. The van der Waals surface area contributed by atoms with Crippen molar-refractivity contribution in [2.24, 2.45) is 5.10 Å². The molecule has 0 radical (unpaired) electrons. The molecule has 10 heteroatoms. The number of halogens is 2. The van der Waals surface area contributed by atoms with E-state index >= 15 is 0 Å². The van der Waals surface area contributed by atoms with Gasteiger partial charge in [-0.1, -0.05) is 35.3 Å². The highest BCUT2D eigenvalue weighted by Crippen LogP contribution is 2.29. The summed E-state index contributed by atoms with van der Waals surface area (Å²) in [6.07, 6.45) is 0. The minimum Gasteiger partial charge on any atom is -0.493 e. The molecule has 174 valence electrons. The minimum absolute atomic E-state index is 0.189. The first kappa shape index (κ1) is 24.8. The van der Waals surface area contributed by atoms with Gasteiger partial charge >= 0.3 is 17.8 Å². The molecule has 0 aliphatic heterocycles. The Morgan fingerprint density at radius 3 is 2.21 bits per heavy atom. The monoisotopic (exact) mass is 499 g/mol. The van der Waals surface area contributed by atoms with Crippen LogP contribution in [0, 0.1) is 0 Å². The van der Waals surface area contributed by atoms with E-state index in [2.05, 4.69) is 15.8 Å². The summed E-state index contributed by atoms with van der Waals surface area (Å²) in [4.78, 5) is 36.5. The predicted octanol–water partition coefficient (Wildman–Crippen LogP) is 4.70. The Hall–Kier alpha value is -3.88. The highest BCUT2D eigenvalue weighted by molar-refractivity contribution is 6.40. The number of rotatable bonds is 6. The zero-order valence-corrected chi connectivity index (χ0v) is 19.6. The second-order valence-corrected chi connectivity index (χ2v) is 7.74. The average Bonchev–Trinajstić information content (AvgIpc) is 2.82. The van der Waals surface area contributed by atoms with E-state index < -0.39 is 17.8 Å². The SMILES string of the molecule is COc1cc(/C(C)=N/NC(=O)C(=O)Nc2cccc(Cl)c2)ccc1OC(=O)c1cccc(Cl)c1. The molecule has 0 atom stereocenters. The van der Waals surface area contributed by atoms with E-state index in [1.54, 1.807) is 55.5 Å². The third-order valence-corrected chi connectivity index (χ3v) is 4.93. The molecule has 0 spiro atoms. The lowest BCUT2D eigenvalue weighted by molar-refractivity contribution is -0.136. The van der Waals surface area contributed by atoms with Crippen LogP contribution in [0.5, 0.6) is 11.5 Å². The Kier molecular flexibility index (Phi) is 8.24. The molecule has 8 nitrogen and oxygen atoms in total. The molecule has 0 saturated carbocycles. The van der Waals surface area contributed by atoms with Crippen molar-refractivity contribution in [3.05, 3.63) is 87.9 Å². The third-order valence-electron chi connectivity index (χ3n) is 4.46. The predicted molar refractivity (Wildman–Crippen MR) is 130 cm³/mol. The van der Waals surface area contributed by atoms with E-state index in [4.69, 9.17) is 32.7 Å². The number of esters is 1. The molecule has 3 rings (SSSR count). The van der Waals surface area contributed by atoms with Crippen LogP contribution in [-0.4, -0.2) is 30.6 Å². The van der Waals surface area contributed by atoms with Crippen molar-refractivity contribution in [2.75, 3.05) is 12.4 Å². The largest absolute Gasteiger partial charge is 0.493 e. The number of amides is 2. The molecular formula is C24H19Cl2N3O5. The summed E-state index contributed by atoms with van der Waals surface area (Å²) in [7, 11) is 1.42. The lowest BCUT2D eigenvalue weighted by atomic mass is 10.1. The van der Waals surface area contributed by atoms with Crippen LogP contribution in [-0.2, 0) is 9.59 Å². The fourth-order valence-electron chi connectivity index (χ4n) is 2.76. The Balaban J connectivity index is 1.67. The second-order valence-electron chi connectivity index (χ2n) is 6.87. The molecule has 0 bridgehead atoms. The summed E-state index contributed by atoms with van der Waals surface area (Å²) in [5.41, 5.74) is 3.80. The zero-order chi connectivity index (χ0) is 24.7. The van der Waals surface area contributed by atoms with Gasteiger partial charge in [0.1, 0.15) is 0 Å². The van der Waals surface area contributed by atoms with Crippen LogP contribution in [0.3, 0.4) is 0 Å². The number of ether oxygens (including phenoxy) is 2. The minimum atomic E-state index is -0.960. The fourth-order valence-corrected chi connectivity index (χ4v) is 3.14. The highest BCUT2D eigenvalue weighted by Gasteiger charge is 2.16. The van der Waals surface area contributed by atoms with E-state index in [9.17, 15) is 14.4 Å². The average molecular weight is 500 g/mol. The van der Waals surface area contributed by atoms with Crippen molar-refractivity contribution in [1.82, 2.24) is 5.43 Å². The number of benzene rings is 3. The van der Waals surface area contributed by atoms with Gasteiger partial charge in [0, 0.05) is 21.3 Å². The number of hydrogen-bond acceptors (Lipinski definition) is 6. The lowest BCUT2D eigenvalue weighted by Gasteiger charge is -2.11. The summed E-state index contributed by atoms with van der Waals surface area (Å²) in [5, 5.41) is 7.20. The molecule has 2 amide bonds. The van der Waals surface area contributed by atoms with Crippen molar-refractivity contribution in [3.63, 3.8) is 0 Å². The molecule has 0 unspecified atom stereocenters. The van der Waals surface area contributed by atoms with Gasteiger partial charge in [-0.3, -0.25) is 9.59 Å². The van der Waals surface area contributed by atoms with Crippen LogP contribution in [0.2, 0.25) is 10.0 Å². The quantitative estimate of drug-likeness (QED) is 0.168. The Bertz CT molecular complexity index is 1280. The molecule has 3 aromatic rings. The molecule has 0 saturated heterocycles. The number of hydrogen-bond donors (Lipinski definition) is 2. The summed E-state index contributed by atoms with van der Waals surface area (Å²) in [6.45, 7) is 1.63. The first-order chi connectivity index (χ1) is 16.3. The van der Waals surface area contributed by atoms with Crippen molar-refractivity contribution < 1.29 is 23.9 Å². The maximum absolute atomic E-state index is 12.4. The van der Waals surface area contributed by atoms with E-state index in [-0.39, 0.29) is 17.1 Å². The maximum atomic E-state index is 12.4. The van der Waals surface area contributed by atoms with Crippen LogP contribution < -0.4 is 20.2 Å². The molecular weight excluding hydrogens is 481 g/mol. The smallest absolute Gasteiger partial charge is 0.343 e. The number of nitrogens with zero attached hydrogens (tertiary/aromatic N) is 1. The second kappa shape index (κ2) is 11.3. The number of anilines is 1. The molecule has 0 aliphatic carbocycles. The Morgan fingerprint density at radius 1 is 0.824 bits per heavy atom. The molecule has 0 aliphatic rings. The van der Waals surface area contributed by atoms with Gasteiger partial charge in [-0.15, -0.1) is 0 Å². The van der Waals surface area contributed by atoms with Crippen LogP contribution in [0.1, 0.15) is 22.8 Å². The highest BCUT2D eigenvalue weighted by atomic mass is 35.5. The number of carbonyl (C=O) groups excluding carboxylic acids is 3. The van der Waals surface area contributed by atoms with Gasteiger partial charge in [0.15, 0.2) is 11.5 Å². The van der Waals surface area contributed by atoms with Crippen LogP contribution in [0.25, 0.3) is 0 Å². The zero-order valence-electron chi connectivity index (χ0n) is 18.1. The van der Waals surface area contributed by atoms with E-state index in [1.165, 1.54) is 25.3 Å². The van der Waals surface area contributed by atoms with Gasteiger partial charge in [-0.05, 0) is 61.5 Å². The number of nitrogens with one attached hydrogen (secondary N) is 2. The van der Waals surface area contributed by atoms with Crippen LogP contribution in [0.15, 0.2) is 71.8 Å². The maximum Gasteiger partial charge on any atom is 0.343 e. The van der Waals surface area contributed by atoms with Crippen molar-refractivity contribution in [2.45, 2.75) is 6.92 Å². The number of carbonyl (C=O) groups is 3. The lowest BCUT2D eigenvalue weighted by Crippen LogP contribution is -2.32. The fraction of sp³-hybridized carbons (Fsp3) is 0.0833. The molecule has 0 aromatic heterocycles. The van der Waals surface area contributed by atoms with Crippen LogP contribution >= 0.6 is 23.2 Å². The topological polar surface area (TPSA) is 106 Å². The van der Waals surface area contributed by atoms with Crippen molar-refractivity contribution in [1.29, 1.82) is 0 Å². The van der Waals surface area contributed by atoms with Gasteiger partial charge in [-0.25, -0.2) is 10.2 Å². The van der Waals surface area contributed by atoms with Gasteiger partial charge in [-0.2, -0.15) is 5.10 Å². The first-order valence-corrected chi connectivity index (χ1v) is 10.6. The van der Waals surface area contributed by atoms with Crippen molar-refractivity contribution in [3.8, 4) is 11.5 Å². The third kappa shape index (κ3) is 6.57. The summed E-state index contributed by atoms with van der Waals surface area (Å²) >= 11 is 11.8. The Labute approximate surface area is 205 Å². The van der Waals surface area contributed by atoms with Gasteiger partial charge in [0.05, 0.1) is 18.4 Å². The standard InChI is InChI=1S/C24H19Cl2N3O5/c1-14(28-29-23(31)22(30)27-19-8-4-7-18(26)13-19)15-9-10-20(21(12-15)33-2)34-24(32)16-5-3-6-17(25)11-16/h3-13H,1-2H3,(H,27,30)(H,29,31)/b28-14+. The summed E-state index contributed by atoms with van der Waals surface area (Å²) < 4.78 is 10.7. The van der Waals surface area contributed by atoms with Gasteiger partial charge < -0.3 is 14.8 Å². The molecule has 34 heavy (non-hydrogen) atoms. The van der Waals surface area contributed by atoms with Gasteiger partial charge in [0.2, 0.25) is 0 Å². The first-order valence-electron chi connectivity index (χ1n) is 9.84. The normalized spacial score (nSPS) is 10.9. The summed E-state index contributed by atoms with van der Waals surface area (Å²) in [6, 6.07) is 17.5. The molecule has 2 N–H and O–H groups in total.